The van der Waals surface area contributed by atoms with Crippen molar-refractivity contribution in [3.63, 3.8) is 0 Å². The maximum Gasteiger partial charge on any atom is 0.220 e. The molecule has 1 amide bonds. The molecule has 0 aromatic heterocycles. The second kappa shape index (κ2) is 8.56. The third kappa shape index (κ3) is 5.93. The molecule has 1 saturated heterocycles. The van der Waals surface area contributed by atoms with Crippen molar-refractivity contribution in [2.75, 3.05) is 6.54 Å². The van der Waals surface area contributed by atoms with Crippen LogP contribution < -0.4 is 10.6 Å². The lowest BCUT2D eigenvalue weighted by Crippen LogP contribution is -2.27. The highest BCUT2D eigenvalue weighted by Gasteiger charge is 2.14. The second-order valence-electron chi connectivity index (χ2n) is 4.74. The molecule has 0 saturated carbocycles. The predicted molar refractivity (Wildman–Crippen MR) is 83.5 cm³/mol. The van der Waals surface area contributed by atoms with Gasteiger partial charge in [-0.3, -0.25) is 4.79 Å². The number of hydrogen-bond acceptors (Lipinski definition) is 2. The molecule has 1 aliphatic rings. The fraction of sp³-hybridized carbons (Fsp3) is 0.500. The number of benzene rings is 1. The van der Waals surface area contributed by atoms with Crippen LogP contribution in [0.25, 0.3) is 0 Å². The van der Waals surface area contributed by atoms with Gasteiger partial charge in [0.25, 0.3) is 0 Å². The maximum atomic E-state index is 11.7. The van der Waals surface area contributed by atoms with Crippen molar-refractivity contribution in [3.05, 3.63) is 34.3 Å². The highest BCUT2D eigenvalue weighted by atomic mass is 79.9. The van der Waals surface area contributed by atoms with E-state index in [4.69, 9.17) is 0 Å². The number of carbonyl (C=O) groups is 1. The number of rotatable bonds is 5. The van der Waals surface area contributed by atoms with Crippen molar-refractivity contribution in [2.45, 2.75) is 38.3 Å². The number of hydrogen-bond donors (Lipinski definition) is 2. The molecule has 0 radical (unpaired) electrons. The third-order valence-corrected chi connectivity index (χ3v) is 3.81. The average molecular weight is 348 g/mol. The van der Waals surface area contributed by atoms with Gasteiger partial charge in [0.2, 0.25) is 5.91 Å². The lowest BCUT2D eigenvalue weighted by molar-refractivity contribution is -0.121. The fourth-order valence-corrected chi connectivity index (χ4v) is 2.46. The van der Waals surface area contributed by atoms with E-state index < -0.39 is 0 Å². The summed E-state index contributed by atoms with van der Waals surface area (Å²) in [5.74, 6) is 0.145. The normalized spacial score (nSPS) is 17.8. The summed E-state index contributed by atoms with van der Waals surface area (Å²) in [6.07, 6.45) is 4.02. The van der Waals surface area contributed by atoms with E-state index in [-0.39, 0.29) is 18.3 Å². The zero-order valence-electron chi connectivity index (χ0n) is 10.8. The Hall–Kier alpha value is -0.580. The van der Waals surface area contributed by atoms with Crippen LogP contribution in [0.15, 0.2) is 28.7 Å². The Balaban J connectivity index is 0.00000180. The van der Waals surface area contributed by atoms with Gasteiger partial charge in [-0.25, -0.2) is 0 Å². The van der Waals surface area contributed by atoms with Gasteiger partial charge >= 0.3 is 0 Å². The summed E-state index contributed by atoms with van der Waals surface area (Å²) in [6.45, 7) is 1.72. The van der Waals surface area contributed by atoms with Crippen LogP contribution in [0.4, 0.5) is 0 Å². The molecule has 106 valence electrons. The maximum absolute atomic E-state index is 11.7. The molecule has 3 nitrogen and oxygen atoms in total. The first-order valence-electron chi connectivity index (χ1n) is 6.48. The van der Waals surface area contributed by atoms with Crippen LogP contribution >= 0.6 is 28.3 Å². The molecule has 2 N–H and O–H groups in total. The van der Waals surface area contributed by atoms with Crippen molar-refractivity contribution in [2.24, 2.45) is 0 Å². The highest BCUT2D eigenvalue weighted by molar-refractivity contribution is 9.10. The molecular weight excluding hydrogens is 328 g/mol. The smallest absolute Gasteiger partial charge is 0.220 e. The number of amides is 1. The topological polar surface area (TPSA) is 41.1 Å². The quantitative estimate of drug-likeness (QED) is 0.859. The molecule has 1 fully saturated rings. The average Bonchev–Trinajstić information content (AvgIpc) is 2.89. The van der Waals surface area contributed by atoms with E-state index in [0.29, 0.717) is 19.0 Å². The summed E-state index contributed by atoms with van der Waals surface area (Å²) >= 11 is 3.39. The lowest BCUT2D eigenvalue weighted by atomic mass is 10.1. The molecule has 1 aromatic rings. The van der Waals surface area contributed by atoms with E-state index in [2.05, 4.69) is 26.6 Å². The van der Waals surface area contributed by atoms with Crippen molar-refractivity contribution in [3.8, 4) is 0 Å². The van der Waals surface area contributed by atoms with E-state index in [0.717, 1.165) is 23.0 Å². The van der Waals surface area contributed by atoms with Gasteiger partial charge in [0, 0.05) is 23.5 Å². The Kier molecular flexibility index (Phi) is 7.42. The Morgan fingerprint density at radius 2 is 2.11 bits per heavy atom. The Morgan fingerprint density at radius 3 is 2.74 bits per heavy atom. The van der Waals surface area contributed by atoms with Gasteiger partial charge in [-0.15, -0.1) is 12.4 Å². The van der Waals surface area contributed by atoms with E-state index in [9.17, 15) is 4.79 Å². The Bertz CT molecular complexity index is 391. The van der Waals surface area contributed by atoms with Gasteiger partial charge in [0.1, 0.15) is 0 Å². The third-order valence-electron chi connectivity index (χ3n) is 3.29. The summed E-state index contributed by atoms with van der Waals surface area (Å²) in [6, 6.07) is 8.56. The van der Waals surface area contributed by atoms with Crippen LogP contribution in [0.1, 0.15) is 31.2 Å². The summed E-state index contributed by atoms with van der Waals surface area (Å²) in [7, 11) is 0. The lowest BCUT2D eigenvalue weighted by Gasteiger charge is -2.10. The van der Waals surface area contributed by atoms with Crippen molar-refractivity contribution >= 4 is 34.2 Å². The summed E-state index contributed by atoms with van der Waals surface area (Å²) in [5, 5.41) is 6.37. The molecule has 2 rings (SSSR count). The molecule has 19 heavy (non-hydrogen) atoms. The number of carbonyl (C=O) groups excluding carboxylic acids is 1. The molecule has 1 aromatic carbocycles. The molecule has 5 heteroatoms. The molecule has 1 heterocycles. The first kappa shape index (κ1) is 16.5. The van der Waals surface area contributed by atoms with E-state index in [1.54, 1.807) is 0 Å². The van der Waals surface area contributed by atoms with Crippen molar-refractivity contribution < 1.29 is 4.79 Å². The standard InChI is InChI=1S/C14H19BrN2O.ClH/c15-12-5-3-11(4-6-12)10-17-14(18)8-7-13-2-1-9-16-13;/h3-6,13,16H,1-2,7-10H2,(H,17,18);1H. The Morgan fingerprint density at radius 1 is 1.37 bits per heavy atom. The van der Waals surface area contributed by atoms with Gasteiger partial charge in [-0.05, 0) is 43.5 Å². The highest BCUT2D eigenvalue weighted by Crippen LogP contribution is 2.11. The van der Waals surface area contributed by atoms with Gasteiger partial charge < -0.3 is 10.6 Å². The predicted octanol–water partition coefficient (Wildman–Crippen LogP) is 3.02. The minimum Gasteiger partial charge on any atom is -0.352 e. The summed E-state index contributed by atoms with van der Waals surface area (Å²) in [5.41, 5.74) is 1.13. The molecular formula is C14H20BrClN2O. The van der Waals surface area contributed by atoms with Gasteiger partial charge in [0.05, 0.1) is 0 Å². The first-order chi connectivity index (χ1) is 8.74. The fourth-order valence-electron chi connectivity index (χ4n) is 2.20. The minimum absolute atomic E-state index is 0. The van der Waals surface area contributed by atoms with Crippen LogP contribution in [0.5, 0.6) is 0 Å². The SMILES string of the molecule is Cl.O=C(CCC1CCCN1)NCc1ccc(Br)cc1. The number of halogens is 2. The van der Waals surface area contributed by atoms with E-state index in [1.165, 1.54) is 12.8 Å². The van der Waals surface area contributed by atoms with Gasteiger partial charge in [-0.1, -0.05) is 28.1 Å². The monoisotopic (exact) mass is 346 g/mol. The molecule has 0 spiro atoms. The first-order valence-corrected chi connectivity index (χ1v) is 7.28. The number of nitrogens with one attached hydrogen (secondary N) is 2. The summed E-state index contributed by atoms with van der Waals surface area (Å²) in [4.78, 5) is 11.7. The van der Waals surface area contributed by atoms with E-state index >= 15 is 0 Å². The van der Waals surface area contributed by atoms with Crippen LogP contribution in [0, 0.1) is 0 Å². The molecule has 1 unspecified atom stereocenters. The second-order valence-corrected chi connectivity index (χ2v) is 5.65. The zero-order valence-corrected chi connectivity index (χ0v) is 13.2. The van der Waals surface area contributed by atoms with Crippen LogP contribution in [-0.2, 0) is 11.3 Å². The van der Waals surface area contributed by atoms with Gasteiger partial charge in [0.15, 0.2) is 0 Å². The Labute approximate surface area is 129 Å². The minimum atomic E-state index is 0. The van der Waals surface area contributed by atoms with Crippen LogP contribution in [0.3, 0.4) is 0 Å². The van der Waals surface area contributed by atoms with Crippen molar-refractivity contribution in [1.82, 2.24) is 10.6 Å². The van der Waals surface area contributed by atoms with Crippen LogP contribution in [0.2, 0.25) is 0 Å². The van der Waals surface area contributed by atoms with E-state index in [1.807, 2.05) is 24.3 Å². The van der Waals surface area contributed by atoms with Gasteiger partial charge in [-0.2, -0.15) is 0 Å². The van der Waals surface area contributed by atoms with Crippen LogP contribution in [-0.4, -0.2) is 18.5 Å². The molecule has 0 bridgehead atoms. The molecule has 1 aliphatic heterocycles. The molecule has 1 atom stereocenters. The zero-order chi connectivity index (χ0) is 12.8. The largest absolute Gasteiger partial charge is 0.352 e. The molecule has 0 aliphatic carbocycles. The summed E-state index contributed by atoms with van der Waals surface area (Å²) < 4.78 is 1.06. The van der Waals surface area contributed by atoms with Crippen molar-refractivity contribution in [1.29, 1.82) is 0 Å².